The quantitative estimate of drug-likeness (QED) is 0.377. The lowest BCUT2D eigenvalue weighted by Gasteiger charge is -1.97. The van der Waals surface area contributed by atoms with E-state index in [0.717, 1.165) is 0 Å². The normalized spacial score (nSPS) is 8.67. The van der Waals surface area contributed by atoms with E-state index in [2.05, 4.69) is 0 Å². The molecule has 0 radical (unpaired) electrons. The number of hydrogen-bond donors (Lipinski definition) is 2. The Bertz CT molecular complexity index is 299. The molecule has 0 fully saturated rings. The lowest BCUT2D eigenvalue weighted by atomic mass is 10.2. The van der Waals surface area contributed by atoms with Gasteiger partial charge in [0, 0.05) is 12.1 Å². The average molecular weight is 169 g/mol. The molecule has 0 unspecified atom stereocenters. The van der Waals surface area contributed by atoms with Gasteiger partial charge in [-0.15, -0.1) is 0 Å². The molecule has 0 aliphatic carbocycles. The van der Waals surface area contributed by atoms with Crippen LogP contribution in [0.4, 0.5) is 17.1 Å². The average Bonchev–Trinajstić information content (AvgIpc) is 1.94. The number of non-ortho nitro benzene ring substituents is 1. The van der Waals surface area contributed by atoms with Gasteiger partial charge in [0.15, 0.2) is 0 Å². The summed E-state index contributed by atoms with van der Waals surface area (Å²) >= 11 is 0. The van der Waals surface area contributed by atoms with Gasteiger partial charge in [-0.05, 0) is 6.07 Å². The fraction of sp³-hybridized carbons (Fsp3) is 0.143. The maximum atomic E-state index is 10.2. The second kappa shape index (κ2) is 3.56. The number of nitrogens with zero attached hydrogens (tertiary/aromatic N) is 1. The molecule has 5 nitrogen and oxygen atoms in total. The molecule has 5 heteroatoms. The van der Waals surface area contributed by atoms with E-state index in [1.54, 1.807) is 0 Å². The van der Waals surface area contributed by atoms with Crippen LogP contribution in [-0.4, -0.2) is 4.92 Å². The summed E-state index contributed by atoms with van der Waals surface area (Å²) in [4.78, 5) is 9.66. The number of hydrogen-bond acceptors (Lipinski definition) is 4. The molecular formula is C7H11N3O2. The molecule has 0 spiro atoms. The van der Waals surface area contributed by atoms with E-state index < -0.39 is 4.92 Å². The third-order valence-electron chi connectivity index (χ3n) is 1.28. The predicted molar refractivity (Wildman–Crippen MR) is 48.7 cm³/mol. The Balaban J connectivity index is 0.00000121. The second-order valence-electron chi connectivity index (χ2n) is 2.07. The number of nitro benzene ring substituents is 1. The molecule has 0 amide bonds. The molecule has 0 aromatic heterocycles. The lowest BCUT2D eigenvalue weighted by Crippen LogP contribution is -1.96. The Hall–Kier alpha value is -1.78. The number of nitro groups is 1. The monoisotopic (exact) mass is 169 g/mol. The van der Waals surface area contributed by atoms with E-state index in [1.807, 2.05) is 0 Å². The molecule has 66 valence electrons. The van der Waals surface area contributed by atoms with Gasteiger partial charge in [0.1, 0.15) is 0 Å². The van der Waals surface area contributed by atoms with Gasteiger partial charge in [-0.2, -0.15) is 0 Å². The van der Waals surface area contributed by atoms with E-state index in [0.29, 0.717) is 5.69 Å². The first kappa shape index (κ1) is 10.2. The van der Waals surface area contributed by atoms with Crippen molar-refractivity contribution in [2.45, 2.75) is 7.43 Å². The number of anilines is 2. The first-order chi connectivity index (χ1) is 5.11. The van der Waals surface area contributed by atoms with Crippen LogP contribution < -0.4 is 11.5 Å². The highest BCUT2D eigenvalue weighted by atomic mass is 16.6. The number of rotatable bonds is 1. The second-order valence-corrected chi connectivity index (χ2v) is 2.07. The fourth-order valence-electron chi connectivity index (χ4n) is 0.676. The zero-order valence-corrected chi connectivity index (χ0v) is 5.65. The topological polar surface area (TPSA) is 95.2 Å². The maximum absolute atomic E-state index is 10.2. The van der Waals surface area contributed by atoms with Crippen molar-refractivity contribution in [1.29, 1.82) is 0 Å². The van der Waals surface area contributed by atoms with Crippen LogP contribution in [0.5, 0.6) is 0 Å². The van der Waals surface area contributed by atoms with Crippen molar-refractivity contribution in [3.63, 3.8) is 0 Å². The van der Waals surface area contributed by atoms with Crippen LogP contribution in [0.2, 0.25) is 0 Å². The third kappa shape index (κ3) is 1.85. The van der Waals surface area contributed by atoms with E-state index in [4.69, 9.17) is 11.5 Å². The summed E-state index contributed by atoms with van der Waals surface area (Å²) in [7, 11) is 0. The van der Waals surface area contributed by atoms with E-state index in [9.17, 15) is 10.1 Å². The van der Waals surface area contributed by atoms with Crippen LogP contribution in [-0.2, 0) is 0 Å². The molecule has 4 N–H and O–H groups in total. The fourth-order valence-corrected chi connectivity index (χ4v) is 0.676. The number of nitrogens with two attached hydrogens (primary N) is 2. The zero-order valence-electron chi connectivity index (χ0n) is 5.65. The summed E-state index contributed by atoms with van der Waals surface area (Å²) in [5.74, 6) is 0. The van der Waals surface area contributed by atoms with E-state index in [1.165, 1.54) is 18.2 Å². The summed E-state index contributed by atoms with van der Waals surface area (Å²) in [5.41, 5.74) is 11.2. The largest absolute Gasteiger partial charge is 0.397 e. The molecule has 0 aliphatic heterocycles. The third-order valence-corrected chi connectivity index (χ3v) is 1.28. The molecule has 0 saturated carbocycles. The zero-order chi connectivity index (χ0) is 8.43. The Labute approximate surface area is 70.1 Å². The van der Waals surface area contributed by atoms with Crippen molar-refractivity contribution >= 4 is 17.1 Å². The minimum atomic E-state index is -0.518. The van der Waals surface area contributed by atoms with Crippen molar-refractivity contribution < 1.29 is 4.92 Å². The minimum absolute atomic E-state index is 0. The van der Waals surface area contributed by atoms with E-state index in [-0.39, 0.29) is 18.8 Å². The van der Waals surface area contributed by atoms with Crippen molar-refractivity contribution in [2.75, 3.05) is 11.5 Å². The highest BCUT2D eigenvalue weighted by molar-refractivity contribution is 5.66. The van der Waals surface area contributed by atoms with Crippen molar-refractivity contribution in [3.05, 3.63) is 28.3 Å². The number of benzene rings is 1. The van der Waals surface area contributed by atoms with Gasteiger partial charge in [-0.25, -0.2) is 0 Å². The molecule has 1 aromatic rings. The van der Waals surface area contributed by atoms with Crippen LogP contribution in [0.3, 0.4) is 0 Å². The number of nitrogen functional groups attached to an aromatic ring is 2. The molecule has 1 rings (SSSR count). The van der Waals surface area contributed by atoms with Gasteiger partial charge in [0.2, 0.25) is 0 Å². The Morgan fingerprint density at radius 2 is 1.83 bits per heavy atom. The van der Waals surface area contributed by atoms with Gasteiger partial charge in [-0.1, -0.05) is 7.43 Å². The van der Waals surface area contributed by atoms with Crippen molar-refractivity contribution in [1.82, 2.24) is 0 Å². The Kier molecular flexibility index (Phi) is 3.04. The van der Waals surface area contributed by atoms with Crippen LogP contribution in [0.15, 0.2) is 18.2 Å². The van der Waals surface area contributed by atoms with Crippen LogP contribution in [0.1, 0.15) is 7.43 Å². The Morgan fingerprint density at radius 3 is 2.25 bits per heavy atom. The van der Waals surface area contributed by atoms with Gasteiger partial charge in [-0.3, -0.25) is 10.1 Å². The molecule has 1 aromatic carbocycles. The molecule has 0 bridgehead atoms. The highest BCUT2D eigenvalue weighted by Crippen LogP contribution is 2.20. The van der Waals surface area contributed by atoms with Gasteiger partial charge in [0.25, 0.3) is 5.69 Å². The first-order valence-corrected chi connectivity index (χ1v) is 2.90. The van der Waals surface area contributed by atoms with Gasteiger partial charge in [0.05, 0.1) is 16.3 Å². The lowest BCUT2D eigenvalue weighted by molar-refractivity contribution is -0.384. The summed E-state index contributed by atoms with van der Waals surface area (Å²) in [6.07, 6.45) is 0. The minimum Gasteiger partial charge on any atom is -0.397 e. The summed E-state index contributed by atoms with van der Waals surface area (Å²) in [6.45, 7) is 0. The maximum Gasteiger partial charge on any atom is 0.271 e. The molecular weight excluding hydrogens is 158 g/mol. The Morgan fingerprint density at radius 1 is 1.25 bits per heavy atom. The summed E-state index contributed by atoms with van der Waals surface area (Å²) in [6, 6.07) is 3.95. The highest BCUT2D eigenvalue weighted by Gasteiger charge is 2.05. The van der Waals surface area contributed by atoms with Gasteiger partial charge < -0.3 is 11.5 Å². The molecule has 0 saturated heterocycles. The molecule has 0 aliphatic rings. The van der Waals surface area contributed by atoms with E-state index >= 15 is 0 Å². The summed E-state index contributed by atoms with van der Waals surface area (Å²) < 4.78 is 0. The van der Waals surface area contributed by atoms with Gasteiger partial charge >= 0.3 is 0 Å². The van der Waals surface area contributed by atoms with Crippen LogP contribution >= 0.6 is 0 Å². The SMILES string of the molecule is C.Nc1ccc([N+](=O)[O-])cc1N. The molecule has 0 atom stereocenters. The van der Waals surface area contributed by atoms with Crippen LogP contribution in [0.25, 0.3) is 0 Å². The smallest absolute Gasteiger partial charge is 0.271 e. The van der Waals surface area contributed by atoms with Crippen LogP contribution in [0, 0.1) is 10.1 Å². The molecule has 12 heavy (non-hydrogen) atoms. The predicted octanol–water partition coefficient (Wildman–Crippen LogP) is 1.40. The van der Waals surface area contributed by atoms with Crippen molar-refractivity contribution in [2.24, 2.45) is 0 Å². The standard InChI is InChI=1S/C6H7N3O2.CH4/c7-5-2-1-4(9(10)11)3-6(5)8;/h1-3H,7-8H2;1H4. The van der Waals surface area contributed by atoms with Crippen molar-refractivity contribution in [3.8, 4) is 0 Å². The molecule has 0 heterocycles. The first-order valence-electron chi connectivity index (χ1n) is 2.90. The summed E-state index contributed by atoms with van der Waals surface area (Å²) in [5, 5.41) is 10.2.